The number of ketones is 3. The van der Waals surface area contributed by atoms with E-state index in [9.17, 15) is 19.5 Å². The molecule has 0 radical (unpaired) electrons. The molecule has 1 aliphatic rings. The monoisotopic (exact) mass is 527 g/mol. The number of Topliss-reactive ketones (excluding diaryl/α,β-unsaturated/α-hetero) is 1. The summed E-state index contributed by atoms with van der Waals surface area (Å²) in [5.41, 5.74) is 2.57. The van der Waals surface area contributed by atoms with Gasteiger partial charge in [0.05, 0.1) is 22.5 Å². The van der Waals surface area contributed by atoms with Crippen molar-refractivity contribution in [2.24, 2.45) is 0 Å². The number of benzene rings is 3. The number of aromatic hydroxyl groups is 1. The number of phenolic OH excluding ortho intramolecular Hbond substituents is 1. The van der Waals surface area contributed by atoms with Gasteiger partial charge in [-0.15, -0.1) is 0 Å². The van der Waals surface area contributed by atoms with Crippen molar-refractivity contribution in [3.05, 3.63) is 85.3 Å². The fourth-order valence-electron chi connectivity index (χ4n) is 3.58. The van der Waals surface area contributed by atoms with Crippen LogP contribution < -0.4 is 5.32 Å². The van der Waals surface area contributed by atoms with E-state index < -0.39 is 5.78 Å². The lowest BCUT2D eigenvalue weighted by atomic mass is 9.82. The Labute approximate surface area is 189 Å². The molecule has 3 aromatic carbocycles. The summed E-state index contributed by atoms with van der Waals surface area (Å²) in [5, 5.41) is 13.5. The summed E-state index contributed by atoms with van der Waals surface area (Å²) in [6, 6.07) is 13.2. The fourth-order valence-corrected chi connectivity index (χ4v) is 5.06. The molecule has 0 saturated heterocycles. The number of nitrogens with one attached hydrogen (secondary N) is 1. The highest BCUT2D eigenvalue weighted by molar-refractivity contribution is 9.11. The average Bonchev–Trinajstić information content (AvgIpc) is 2.69. The van der Waals surface area contributed by atoms with Gasteiger partial charge in [-0.2, -0.15) is 0 Å². The summed E-state index contributed by atoms with van der Waals surface area (Å²) in [7, 11) is 0. The Morgan fingerprint density at radius 2 is 1.50 bits per heavy atom. The molecule has 5 nitrogen and oxygen atoms in total. The second-order valence-electron chi connectivity index (χ2n) is 7.02. The summed E-state index contributed by atoms with van der Waals surface area (Å²) in [5.74, 6) is -0.918. The summed E-state index contributed by atoms with van der Waals surface area (Å²) in [4.78, 5) is 37.6. The van der Waals surface area contributed by atoms with Crippen molar-refractivity contribution >= 4 is 60.6 Å². The van der Waals surface area contributed by atoms with Crippen LogP contribution in [0, 0.1) is 0 Å². The van der Waals surface area contributed by atoms with Gasteiger partial charge in [-0.25, -0.2) is 0 Å². The molecule has 0 aromatic heterocycles. The molecule has 30 heavy (non-hydrogen) atoms. The van der Waals surface area contributed by atoms with Crippen LogP contribution in [0.1, 0.15) is 44.3 Å². The Balaban J connectivity index is 1.83. The minimum atomic E-state index is -0.392. The molecular weight excluding hydrogens is 514 g/mol. The van der Waals surface area contributed by atoms with E-state index in [4.69, 9.17) is 0 Å². The SMILES string of the molecule is CC(=O)Cc1cc(Br)c(Nc2ccc(O)c3c2C(=O)c2ccccc2C3=O)c(Br)c1. The zero-order valence-electron chi connectivity index (χ0n) is 15.8. The van der Waals surface area contributed by atoms with Gasteiger partial charge >= 0.3 is 0 Å². The Morgan fingerprint density at radius 3 is 2.07 bits per heavy atom. The predicted molar refractivity (Wildman–Crippen MR) is 121 cm³/mol. The van der Waals surface area contributed by atoms with Crippen molar-refractivity contribution in [1.29, 1.82) is 0 Å². The first-order valence-electron chi connectivity index (χ1n) is 9.06. The van der Waals surface area contributed by atoms with Crippen LogP contribution in [0.4, 0.5) is 11.4 Å². The van der Waals surface area contributed by atoms with Gasteiger partial charge in [0.25, 0.3) is 0 Å². The second kappa shape index (κ2) is 7.81. The van der Waals surface area contributed by atoms with Crippen LogP contribution in [0.3, 0.4) is 0 Å². The zero-order chi connectivity index (χ0) is 21.6. The summed E-state index contributed by atoms with van der Waals surface area (Å²) < 4.78 is 1.37. The molecule has 4 rings (SSSR count). The molecule has 150 valence electrons. The Bertz CT molecular complexity index is 1230. The zero-order valence-corrected chi connectivity index (χ0v) is 18.9. The van der Waals surface area contributed by atoms with Crippen molar-refractivity contribution in [2.75, 3.05) is 5.32 Å². The van der Waals surface area contributed by atoms with Gasteiger partial charge in [-0.05, 0) is 68.6 Å². The molecule has 0 fully saturated rings. The largest absolute Gasteiger partial charge is 0.507 e. The number of fused-ring (bicyclic) bond motifs is 2. The summed E-state index contributed by atoms with van der Waals surface area (Å²) in [6.45, 7) is 1.52. The highest BCUT2D eigenvalue weighted by Crippen LogP contribution is 2.41. The molecule has 0 amide bonds. The Hall–Kier alpha value is -2.77. The van der Waals surface area contributed by atoms with Gasteiger partial charge in [0.15, 0.2) is 11.6 Å². The van der Waals surface area contributed by atoms with E-state index in [-0.39, 0.29) is 34.0 Å². The summed E-state index contributed by atoms with van der Waals surface area (Å²) in [6.07, 6.45) is 0.301. The normalized spacial score (nSPS) is 12.4. The Morgan fingerprint density at radius 1 is 0.933 bits per heavy atom. The van der Waals surface area contributed by atoms with Crippen LogP contribution in [0.2, 0.25) is 0 Å². The minimum absolute atomic E-state index is 0.0101. The maximum absolute atomic E-state index is 13.2. The van der Waals surface area contributed by atoms with Crippen molar-refractivity contribution in [3.63, 3.8) is 0 Å². The van der Waals surface area contributed by atoms with Gasteiger partial charge in [-0.1, -0.05) is 24.3 Å². The number of anilines is 2. The quantitative estimate of drug-likeness (QED) is 0.338. The number of carbonyl (C=O) groups excluding carboxylic acids is 3. The van der Waals surface area contributed by atoms with Crippen LogP contribution in [0.15, 0.2) is 57.5 Å². The number of phenols is 1. The molecule has 0 atom stereocenters. The minimum Gasteiger partial charge on any atom is -0.507 e. The van der Waals surface area contributed by atoms with E-state index in [1.165, 1.54) is 13.0 Å². The molecule has 7 heteroatoms. The van der Waals surface area contributed by atoms with E-state index in [2.05, 4.69) is 37.2 Å². The third-order valence-corrected chi connectivity index (χ3v) is 6.12. The molecule has 0 spiro atoms. The maximum atomic E-state index is 13.2. The number of hydrogen-bond donors (Lipinski definition) is 2. The lowest BCUT2D eigenvalue weighted by Crippen LogP contribution is -2.22. The number of halogens is 2. The van der Waals surface area contributed by atoms with E-state index in [1.54, 1.807) is 30.3 Å². The van der Waals surface area contributed by atoms with Crippen LogP contribution in [0.5, 0.6) is 5.75 Å². The fraction of sp³-hybridized carbons (Fsp3) is 0.0870. The van der Waals surface area contributed by atoms with E-state index in [1.807, 2.05) is 12.1 Å². The van der Waals surface area contributed by atoms with Crippen molar-refractivity contribution in [2.45, 2.75) is 13.3 Å². The van der Waals surface area contributed by atoms with Crippen molar-refractivity contribution in [1.82, 2.24) is 0 Å². The first kappa shape index (κ1) is 20.5. The predicted octanol–water partition coefficient (Wildman–Crippen LogP) is 5.57. The Kier molecular flexibility index (Phi) is 5.34. The lowest BCUT2D eigenvalue weighted by Gasteiger charge is -2.22. The molecule has 0 bridgehead atoms. The third-order valence-electron chi connectivity index (χ3n) is 4.87. The topological polar surface area (TPSA) is 83.5 Å². The number of hydrogen-bond acceptors (Lipinski definition) is 5. The molecule has 3 aromatic rings. The van der Waals surface area contributed by atoms with Crippen LogP contribution in [-0.4, -0.2) is 22.5 Å². The van der Waals surface area contributed by atoms with Gasteiger partial charge in [0, 0.05) is 26.5 Å². The third kappa shape index (κ3) is 3.48. The molecule has 0 heterocycles. The number of rotatable bonds is 4. The van der Waals surface area contributed by atoms with E-state index >= 15 is 0 Å². The van der Waals surface area contributed by atoms with Crippen molar-refractivity contribution in [3.8, 4) is 5.75 Å². The van der Waals surface area contributed by atoms with Gasteiger partial charge in [0.2, 0.25) is 0 Å². The van der Waals surface area contributed by atoms with Crippen LogP contribution in [0.25, 0.3) is 0 Å². The van der Waals surface area contributed by atoms with Crippen LogP contribution in [-0.2, 0) is 11.2 Å². The van der Waals surface area contributed by atoms with Crippen molar-refractivity contribution < 1.29 is 19.5 Å². The molecule has 0 saturated carbocycles. The van der Waals surface area contributed by atoms with Gasteiger partial charge in [-0.3, -0.25) is 14.4 Å². The molecule has 0 aliphatic heterocycles. The van der Waals surface area contributed by atoms with E-state index in [0.717, 1.165) is 5.56 Å². The van der Waals surface area contributed by atoms with Crippen LogP contribution >= 0.6 is 31.9 Å². The van der Waals surface area contributed by atoms with E-state index in [0.29, 0.717) is 32.3 Å². The first-order chi connectivity index (χ1) is 14.3. The molecular formula is C23H15Br2NO4. The second-order valence-corrected chi connectivity index (χ2v) is 8.73. The van der Waals surface area contributed by atoms with Gasteiger partial charge < -0.3 is 10.4 Å². The summed E-state index contributed by atoms with van der Waals surface area (Å²) >= 11 is 7.01. The molecule has 2 N–H and O–H groups in total. The molecule has 1 aliphatic carbocycles. The highest BCUT2D eigenvalue weighted by atomic mass is 79.9. The molecule has 0 unspecified atom stereocenters. The average molecular weight is 529 g/mol. The lowest BCUT2D eigenvalue weighted by molar-refractivity contribution is -0.116. The number of carbonyl (C=O) groups is 3. The standard InChI is InChI=1S/C23H15Br2NO4/c1-11(27)8-12-9-15(24)21(16(25)10-12)26-17-6-7-18(28)20-19(17)22(29)13-4-2-3-5-14(13)23(20)30/h2-7,9-10,26,28H,8H2,1H3. The maximum Gasteiger partial charge on any atom is 0.198 e. The smallest absolute Gasteiger partial charge is 0.198 e. The first-order valence-corrected chi connectivity index (χ1v) is 10.6. The highest BCUT2D eigenvalue weighted by Gasteiger charge is 2.34. The van der Waals surface area contributed by atoms with Gasteiger partial charge in [0.1, 0.15) is 11.5 Å².